The first kappa shape index (κ1) is 20.2. The molecule has 0 aliphatic heterocycles. The van der Waals surface area contributed by atoms with Gasteiger partial charge in [-0.3, -0.25) is 4.79 Å². The molecule has 1 amide bonds. The van der Waals surface area contributed by atoms with Crippen molar-refractivity contribution in [1.29, 1.82) is 0 Å². The van der Waals surface area contributed by atoms with E-state index in [0.717, 1.165) is 20.3 Å². The number of methoxy groups -OCH3 is 1. The second-order valence-electron chi connectivity index (χ2n) is 5.87. The summed E-state index contributed by atoms with van der Waals surface area (Å²) in [7, 11) is 1.61. The van der Waals surface area contributed by atoms with Crippen LogP contribution in [0.5, 0.6) is 11.5 Å². The van der Waals surface area contributed by atoms with Crippen molar-refractivity contribution in [3.63, 3.8) is 0 Å². The van der Waals surface area contributed by atoms with Crippen molar-refractivity contribution >= 4 is 34.7 Å². The first-order chi connectivity index (χ1) is 12.4. The summed E-state index contributed by atoms with van der Waals surface area (Å²) in [5.41, 5.74) is 6.69. The summed E-state index contributed by atoms with van der Waals surface area (Å²) < 4.78 is 11.9. The fraction of sp³-hybridized carbons (Fsp3) is 0.300. The molecule has 0 spiro atoms. The molecule has 26 heavy (non-hydrogen) atoms. The molecule has 138 valence electrons. The standard InChI is InChI=1S/C20H23IN2O3/c1-5-26-18-10-15(9-17(21)20(18)25-4)12-22-23-19(24)11-16-7-6-13(2)8-14(16)3/h6-10,12H,5,11H2,1-4H3,(H,23,24)/b22-12-. The molecule has 0 unspecified atom stereocenters. The molecule has 2 aromatic carbocycles. The van der Waals surface area contributed by atoms with E-state index >= 15 is 0 Å². The van der Waals surface area contributed by atoms with Crippen LogP contribution in [0.25, 0.3) is 0 Å². The zero-order valence-corrected chi connectivity index (χ0v) is 17.6. The van der Waals surface area contributed by atoms with Crippen LogP contribution in [0.1, 0.15) is 29.2 Å². The first-order valence-corrected chi connectivity index (χ1v) is 9.40. The third-order valence-electron chi connectivity index (χ3n) is 3.79. The molecule has 0 aliphatic carbocycles. The van der Waals surface area contributed by atoms with E-state index in [1.807, 2.05) is 45.0 Å². The summed E-state index contributed by atoms with van der Waals surface area (Å²) in [6.07, 6.45) is 1.90. The van der Waals surface area contributed by atoms with Crippen LogP contribution in [0, 0.1) is 17.4 Å². The van der Waals surface area contributed by atoms with E-state index < -0.39 is 0 Å². The average molecular weight is 466 g/mol. The number of nitrogens with zero attached hydrogens (tertiary/aromatic N) is 1. The van der Waals surface area contributed by atoms with Crippen molar-refractivity contribution < 1.29 is 14.3 Å². The van der Waals surface area contributed by atoms with Crippen LogP contribution in [0.4, 0.5) is 0 Å². The molecule has 0 heterocycles. The first-order valence-electron chi connectivity index (χ1n) is 8.33. The largest absolute Gasteiger partial charge is 0.492 e. The lowest BCUT2D eigenvalue weighted by Gasteiger charge is -2.11. The Kier molecular flexibility index (Phi) is 7.44. The number of halogens is 1. The fourth-order valence-corrected chi connectivity index (χ4v) is 3.40. The van der Waals surface area contributed by atoms with E-state index in [1.165, 1.54) is 5.56 Å². The molecular weight excluding hydrogens is 443 g/mol. The lowest BCUT2D eigenvalue weighted by atomic mass is 10.0. The van der Waals surface area contributed by atoms with Crippen LogP contribution < -0.4 is 14.9 Å². The zero-order valence-electron chi connectivity index (χ0n) is 15.4. The van der Waals surface area contributed by atoms with Gasteiger partial charge >= 0.3 is 0 Å². The maximum atomic E-state index is 12.1. The molecule has 5 nitrogen and oxygen atoms in total. The second-order valence-corrected chi connectivity index (χ2v) is 7.03. The molecule has 2 rings (SSSR count). The van der Waals surface area contributed by atoms with Gasteiger partial charge in [0.15, 0.2) is 11.5 Å². The van der Waals surface area contributed by atoms with E-state index in [1.54, 1.807) is 13.3 Å². The molecule has 0 atom stereocenters. The number of rotatable bonds is 7. The predicted octanol–water partition coefficient (Wildman–Crippen LogP) is 4.01. The highest BCUT2D eigenvalue weighted by molar-refractivity contribution is 14.1. The van der Waals surface area contributed by atoms with E-state index in [9.17, 15) is 4.79 Å². The van der Waals surface area contributed by atoms with Gasteiger partial charge in [-0.1, -0.05) is 23.8 Å². The van der Waals surface area contributed by atoms with E-state index in [2.05, 4.69) is 39.2 Å². The molecule has 0 aliphatic rings. The Hall–Kier alpha value is -2.09. The van der Waals surface area contributed by atoms with Crippen molar-refractivity contribution in [3.8, 4) is 11.5 Å². The monoisotopic (exact) mass is 466 g/mol. The fourth-order valence-electron chi connectivity index (χ4n) is 2.56. The molecule has 2 aromatic rings. The number of aryl methyl sites for hydroxylation is 2. The van der Waals surface area contributed by atoms with Gasteiger partial charge in [0.25, 0.3) is 0 Å². The summed E-state index contributed by atoms with van der Waals surface area (Å²) in [4.78, 5) is 12.1. The third kappa shape index (κ3) is 5.45. The minimum Gasteiger partial charge on any atom is -0.492 e. The van der Waals surface area contributed by atoms with Crippen molar-refractivity contribution in [3.05, 3.63) is 56.2 Å². The van der Waals surface area contributed by atoms with Gasteiger partial charge in [0.05, 0.1) is 29.9 Å². The number of nitrogens with one attached hydrogen (secondary N) is 1. The quantitative estimate of drug-likeness (QED) is 0.381. The van der Waals surface area contributed by atoms with Gasteiger partial charge in [0.2, 0.25) is 5.91 Å². The smallest absolute Gasteiger partial charge is 0.244 e. The van der Waals surface area contributed by atoms with Crippen LogP contribution in [0.3, 0.4) is 0 Å². The second kappa shape index (κ2) is 9.56. The summed E-state index contributed by atoms with van der Waals surface area (Å²) in [5.74, 6) is 1.20. The van der Waals surface area contributed by atoms with Crippen molar-refractivity contribution in [2.24, 2.45) is 5.10 Å². The normalized spacial score (nSPS) is 10.8. The van der Waals surface area contributed by atoms with E-state index in [-0.39, 0.29) is 5.91 Å². The van der Waals surface area contributed by atoms with Crippen molar-refractivity contribution in [1.82, 2.24) is 5.43 Å². The van der Waals surface area contributed by atoms with Gasteiger partial charge in [0.1, 0.15) is 0 Å². The number of carbonyl (C=O) groups excluding carboxylic acids is 1. The molecule has 0 aromatic heterocycles. The Morgan fingerprint density at radius 3 is 2.69 bits per heavy atom. The summed E-state index contributed by atoms with van der Waals surface area (Å²) >= 11 is 2.18. The lowest BCUT2D eigenvalue weighted by Crippen LogP contribution is -2.20. The van der Waals surface area contributed by atoms with Gasteiger partial charge in [-0.15, -0.1) is 0 Å². The molecule has 0 fully saturated rings. The Labute approximate surface area is 167 Å². The molecule has 6 heteroatoms. The van der Waals surface area contributed by atoms with Crippen LogP contribution in [-0.4, -0.2) is 25.8 Å². The summed E-state index contributed by atoms with van der Waals surface area (Å²) in [6.45, 7) is 6.50. The molecule has 0 saturated carbocycles. The van der Waals surface area contributed by atoms with Crippen LogP contribution in [0.15, 0.2) is 35.4 Å². The third-order valence-corrected chi connectivity index (χ3v) is 4.59. The van der Waals surface area contributed by atoms with Crippen LogP contribution in [-0.2, 0) is 11.2 Å². The Balaban J connectivity index is 2.04. The van der Waals surface area contributed by atoms with E-state index in [0.29, 0.717) is 24.5 Å². The summed E-state index contributed by atoms with van der Waals surface area (Å²) in [6, 6.07) is 9.81. The van der Waals surface area contributed by atoms with E-state index in [4.69, 9.17) is 9.47 Å². The number of hydrogen-bond donors (Lipinski definition) is 1. The van der Waals surface area contributed by atoms with Crippen LogP contribution >= 0.6 is 22.6 Å². The maximum absolute atomic E-state index is 12.1. The maximum Gasteiger partial charge on any atom is 0.244 e. The SMILES string of the molecule is CCOc1cc(/C=N\NC(=O)Cc2ccc(C)cc2C)cc(I)c1OC. The summed E-state index contributed by atoms with van der Waals surface area (Å²) in [5, 5.41) is 4.06. The predicted molar refractivity (Wildman–Crippen MR) is 112 cm³/mol. The number of benzene rings is 2. The van der Waals surface area contributed by atoms with Gasteiger partial charge in [-0.2, -0.15) is 5.10 Å². The molecule has 1 N–H and O–H groups in total. The lowest BCUT2D eigenvalue weighted by molar-refractivity contribution is -0.120. The Morgan fingerprint density at radius 1 is 1.27 bits per heavy atom. The highest BCUT2D eigenvalue weighted by Crippen LogP contribution is 2.33. The minimum absolute atomic E-state index is 0.151. The Bertz CT molecular complexity index is 819. The molecule has 0 radical (unpaired) electrons. The molecule has 0 bridgehead atoms. The Morgan fingerprint density at radius 2 is 2.04 bits per heavy atom. The number of hydrogen-bond acceptors (Lipinski definition) is 4. The van der Waals surface area contributed by atoms with Gasteiger partial charge in [-0.25, -0.2) is 5.43 Å². The van der Waals surface area contributed by atoms with Crippen molar-refractivity contribution in [2.75, 3.05) is 13.7 Å². The number of carbonyl (C=O) groups is 1. The topological polar surface area (TPSA) is 59.9 Å². The zero-order chi connectivity index (χ0) is 19.1. The number of amides is 1. The molecule has 0 saturated heterocycles. The number of hydrazone groups is 1. The van der Waals surface area contributed by atoms with Gasteiger partial charge in [-0.05, 0) is 72.2 Å². The highest BCUT2D eigenvalue weighted by atomic mass is 127. The highest BCUT2D eigenvalue weighted by Gasteiger charge is 2.10. The van der Waals surface area contributed by atoms with Gasteiger partial charge in [0, 0.05) is 0 Å². The van der Waals surface area contributed by atoms with Gasteiger partial charge < -0.3 is 9.47 Å². The average Bonchev–Trinajstić information content (AvgIpc) is 2.58. The molecular formula is C20H23IN2O3. The van der Waals surface area contributed by atoms with Crippen molar-refractivity contribution in [2.45, 2.75) is 27.2 Å². The number of ether oxygens (including phenoxy) is 2. The minimum atomic E-state index is -0.151. The van der Waals surface area contributed by atoms with Crippen LogP contribution in [0.2, 0.25) is 0 Å².